The number of rotatable bonds is 3. The number of nitrogen functional groups attached to an aromatic ring is 1. The van der Waals surface area contributed by atoms with Gasteiger partial charge in [-0.3, -0.25) is 0 Å². The standard InChI is InChI=1S/C12H11N3O2/c13-8-3-4-10-11(6-8)17-12(15-10)14-7-9-2-1-5-16-9/h1-6H,7,13H2,(H,14,15). The van der Waals surface area contributed by atoms with Crippen molar-refractivity contribution in [3.63, 3.8) is 0 Å². The predicted molar refractivity (Wildman–Crippen MR) is 64.5 cm³/mol. The number of hydrogen-bond donors (Lipinski definition) is 2. The largest absolute Gasteiger partial charge is 0.467 e. The molecule has 1 aromatic carbocycles. The number of hydrogen-bond acceptors (Lipinski definition) is 5. The summed E-state index contributed by atoms with van der Waals surface area (Å²) in [5, 5.41) is 3.04. The van der Waals surface area contributed by atoms with Gasteiger partial charge in [-0.05, 0) is 24.3 Å². The molecule has 3 N–H and O–H groups in total. The summed E-state index contributed by atoms with van der Waals surface area (Å²) in [4.78, 5) is 4.28. The molecule has 2 heterocycles. The second-order valence-electron chi connectivity index (χ2n) is 3.68. The van der Waals surface area contributed by atoms with E-state index in [0.717, 1.165) is 11.3 Å². The van der Waals surface area contributed by atoms with Gasteiger partial charge in [0.05, 0.1) is 12.8 Å². The molecule has 0 aliphatic heterocycles. The highest BCUT2D eigenvalue weighted by molar-refractivity contribution is 5.78. The first kappa shape index (κ1) is 9.77. The number of benzene rings is 1. The Labute approximate surface area is 97.2 Å². The smallest absolute Gasteiger partial charge is 0.296 e. The van der Waals surface area contributed by atoms with Crippen molar-refractivity contribution in [2.24, 2.45) is 0 Å². The van der Waals surface area contributed by atoms with Gasteiger partial charge >= 0.3 is 0 Å². The lowest BCUT2D eigenvalue weighted by Gasteiger charge is -1.96. The third-order valence-electron chi connectivity index (χ3n) is 2.41. The van der Waals surface area contributed by atoms with Crippen LogP contribution in [0.1, 0.15) is 5.76 Å². The van der Waals surface area contributed by atoms with E-state index in [1.807, 2.05) is 18.2 Å². The quantitative estimate of drug-likeness (QED) is 0.675. The van der Waals surface area contributed by atoms with E-state index in [-0.39, 0.29) is 0 Å². The van der Waals surface area contributed by atoms with E-state index in [9.17, 15) is 0 Å². The Kier molecular flexibility index (Phi) is 2.22. The summed E-state index contributed by atoms with van der Waals surface area (Å²) in [6, 6.07) is 9.55. The first-order valence-corrected chi connectivity index (χ1v) is 5.23. The molecule has 0 saturated heterocycles. The lowest BCUT2D eigenvalue weighted by molar-refractivity contribution is 0.513. The Morgan fingerprint density at radius 1 is 1.29 bits per heavy atom. The zero-order valence-electron chi connectivity index (χ0n) is 9.01. The molecule has 0 radical (unpaired) electrons. The van der Waals surface area contributed by atoms with Crippen LogP contribution < -0.4 is 11.1 Å². The fraction of sp³-hybridized carbons (Fsp3) is 0.0833. The maximum absolute atomic E-state index is 5.66. The Morgan fingerprint density at radius 2 is 2.24 bits per heavy atom. The number of aromatic nitrogens is 1. The molecule has 5 nitrogen and oxygen atoms in total. The molecule has 0 unspecified atom stereocenters. The van der Waals surface area contributed by atoms with Gasteiger partial charge in [-0.1, -0.05) is 0 Å². The number of anilines is 2. The van der Waals surface area contributed by atoms with Gasteiger partial charge in [0.1, 0.15) is 11.3 Å². The lowest BCUT2D eigenvalue weighted by atomic mass is 10.3. The maximum atomic E-state index is 5.66. The summed E-state index contributed by atoms with van der Waals surface area (Å²) in [5.41, 5.74) is 7.77. The number of fused-ring (bicyclic) bond motifs is 1. The van der Waals surface area contributed by atoms with Gasteiger partial charge in [0.2, 0.25) is 0 Å². The van der Waals surface area contributed by atoms with Crippen LogP contribution in [-0.2, 0) is 6.54 Å². The minimum Gasteiger partial charge on any atom is -0.467 e. The summed E-state index contributed by atoms with van der Waals surface area (Å²) in [6.45, 7) is 0.537. The van der Waals surface area contributed by atoms with Crippen molar-refractivity contribution in [3.8, 4) is 0 Å². The zero-order valence-corrected chi connectivity index (χ0v) is 9.01. The van der Waals surface area contributed by atoms with Crippen LogP contribution in [0.4, 0.5) is 11.7 Å². The molecule has 0 aliphatic carbocycles. The van der Waals surface area contributed by atoms with Crippen molar-refractivity contribution in [2.45, 2.75) is 6.54 Å². The van der Waals surface area contributed by atoms with Gasteiger partial charge < -0.3 is 19.9 Å². The van der Waals surface area contributed by atoms with Gasteiger partial charge in [-0.2, -0.15) is 4.98 Å². The second kappa shape index (κ2) is 3.86. The molecular formula is C12H11N3O2. The number of nitrogens with two attached hydrogens (primary N) is 1. The third-order valence-corrected chi connectivity index (χ3v) is 2.41. The molecule has 0 atom stereocenters. The summed E-state index contributed by atoms with van der Waals surface area (Å²) in [6.07, 6.45) is 1.63. The summed E-state index contributed by atoms with van der Waals surface area (Å²) in [5.74, 6) is 0.826. The van der Waals surface area contributed by atoms with Crippen LogP contribution in [0.2, 0.25) is 0 Å². The molecule has 0 spiro atoms. The van der Waals surface area contributed by atoms with Crippen LogP contribution in [-0.4, -0.2) is 4.98 Å². The van der Waals surface area contributed by atoms with Gasteiger partial charge in [-0.25, -0.2) is 0 Å². The van der Waals surface area contributed by atoms with Gasteiger partial charge in [0, 0.05) is 11.8 Å². The van der Waals surface area contributed by atoms with Crippen molar-refractivity contribution >= 4 is 22.8 Å². The summed E-state index contributed by atoms with van der Waals surface area (Å²) < 4.78 is 10.7. The van der Waals surface area contributed by atoms with Crippen LogP contribution >= 0.6 is 0 Å². The van der Waals surface area contributed by atoms with E-state index in [0.29, 0.717) is 23.8 Å². The average Bonchev–Trinajstić information content (AvgIpc) is 2.94. The molecule has 3 aromatic rings. The number of nitrogens with zero attached hydrogens (tertiary/aromatic N) is 1. The zero-order chi connectivity index (χ0) is 11.7. The summed E-state index contributed by atoms with van der Waals surface area (Å²) >= 11 is 0. The molecule has 17 heavy (non-hydrogen) atoms. The van der Waals surface area contributed by atoms with Gasteiger partial charge in [0.15, 0.2) is 5.58 Å². The second-order valence-corrected chi connectivity index (χ2v) is 3.68. The van der Waals surface area contributed by atoms with Gasteiger partial charge in [-0.15, -0.1) is 0 Å². The van der Waals surface area contributed by atoms with Crippen LogP contribution in [0.15, 0.2) is 45.4 Å². The van der Waals surface area contributed by atoms with Crippen molar-refractivity contribution in [2.75, 3.05) is 11.1 Å². The number of furan rings is 1. The monoisotopic (exact) mass is 229 g/mol. The molecule has 0 aliphatic rings. The average molecular weight is 229 g/mol. The van der Waals surface area contributed by atoms with Gasteiger partial charge in [0.25, 0.3) is 6.01 Å². The Morgan fingerprint density at radius 3 is 3.06 bits per heavy atom. The van der Waals surface area contributed by atoms with Crippen molar-refractivity contribution in [1.29, 1.82) is 0 Å². The van der Waals surface area contributed by atoms with E-state index in [4.69, 9.17) is 14.6 Å². The number of oxazole rings is 1. The van der Waals surface area contributed by atoms with E-state index in [2.05, 4.69) is 10.3 Å². The van der Waals surface area contributed by atoms with Crippen LogP contribution in [0, 0.1) is 0 Å². The first-order valence-electron chi connectivity index (χ1n) is 5.23. The lowest BCUT2D eigenvalue weighted by Crippen LogP contribution is -1.97. The highest BCUT2D eigenvalue weighted by Crippen LogP contribution is 2.21. The molecule has 5 heteroatoms. The molecule has 86 valence electrons. The van der Waals surface area contributed by atoms with Crippen molar-refractivity contribution < 1.29 is 8.83 Å². The van der Waals surface area contributed by atoms with Crippen molar-refractivity contribution in [1.82, 2.24) is 4.98 Å². The normalized spacial score (nSPS) is 10.8. The SMILES string of the molecule is Nc1ccc2nc(NCc3ccco3)oc2c1. The topological polar surface area (TPSA) is 77.2 Å². The van der Waals surface area contributed by atoms with E-state index in [1.165, 1.54) is 0 Å². The highest BCUT2D eigenvalue weighted by Gasteiger charge is 2.05. The van der Waals surface area contributed by atoms with Crippen molar-refractivity contribution in [3.05, 3.63) is 42.4 Å². The van der Waals surface area contributed by atoms with Crippen LogP contribution in [0.25, 0.3) is 11.1 Å². The molecule has 0 fully saturated rings. The Bertz CT molecular complexity index is 628. The van der Waals surface area contributed by atoms with Crippen LogP contribution in [0.5, 0.6) is 0 Å². The predicted octanol–water partition coefficient (Wildman–Crippen LogP) is 2.62. The third kappa shape index (κ3) is 1.94. The van der Waals surface area contributed by atoms with E-state index < -0.39 is 0 Å². The number of nitrogens with one attached hydrogen (secondary N) is 1. The van der Waals surface area contributed by atoms with Crippen LogP contribution in [0.3, 0.4) is 0 Å². The highest BCUT2D eigenvalue weighted by atomic mass is 16.4. The molecule has 0 bridgehead atoms. The molecule has 3 rings (SSSR count). The van der Waals surface area contributed by atoms with E-state index in [1.54, 1.807) is 18.4 Å². The molecule has 0 saturated carbocycles. The fourth-order valence-electron chi connectivity index (χ4n) is 1.59. The summed E-state index contributed by atoms with van der Waals surface area (Å²) in [7, 11) is 0. The van der Waals surface area contributed by atoms with E-state index >= 15 is 0 Å². The minimum atomic E-state index is 0.460. The first-order chi connectivity index (χ1) is 8.31. The fourth-order valence-corrected chi connectivity index (χ4v) is 1.59. The molecule has 0 amide bonds. The minimum absolute atomic E-state index is 0.460. The molecule has 2 aromatic heterocycles. The Balaban J connectivity index is 1.81. The molecular weight excluding hydrogens is 218 g/mol. The maximum Gasteiger partial charge on any atom is 0.296 e. The Hall–Kier alpha value is -2.43.